The zero-order valence-corrected chi connectivity index (χ0v) is 16.4. The van der Waals surface area contributed by atoms with Crippen LogP contribution in [0.5, 0.6) is 0 Å². The summed E-state index contributed by atoms with van der Waals surface area (Å²) in [5.41, 5.74) is 5.30. The molecule has 0 amide bonds. The number of hydrogen-bond donors (Lipinski definition) is 0. The van der Waals surface area contributed by atoms with Crippen LogP contribution in [0.3, 0.4) is 0 Å². The fourth-order valence-corrected chi connectivity index (χ4v) is 3.96. The number of aryl methyl sites for hydroxylation is 2. The molecule has 4 rings (SSSR count). The van der Waals surface area contributed by atoms with E-state index in [0.717, 1.165) is 38.9 Å². The third-order valence-corrected chi connectivity index (χ3v) is 5.45. The number of ether oxygens (including phenoxy) is 3. The van der Waals surface area contributed by atoms with Gasteiger partial charge < -0.3 is 14.2 Å². The van der Waals surface area contributed by atoms with Gasteiger partial charge >= 0.3 is 0 Å². The normalized spacial score (nSPS) is 23.0. The molecular formula is C24H30O3. The average molecular weight is 367 g/mol. The van der Waals surface area contributed by atoms with Crippen molar-refractivity contribution in [1.82, 2.24) is 0 Å². The first-order valence-electron chi connectivity index (χ1n) is 10.4. The van der Waals surface area contributed by atoms with Gasteiger partial charge in [0.1, 0.15) is 24.4 Å². The molecule has 0 saturated carbocycles. The van der Waals surface area contributed by atoms with E-state index >= 15 is 0 Å². The highest BCUT2D eigenvalue weighted by molar-refractivity contribution is 5.33. The first-order chi connectivity index (χ1) is 13.3. The Balaban J connectivity index is 1.64. The van der Waals surface area contributed by atoms with Crippen molar-refractivity contribution in [1.29, 1.82) is 0 Å². The molecule has 2 aliphatic heterocycles. The maximum absolute atomic E-state index is 6.79. The molecule has 27 heavy (non-hydrogen) atoms. The van der Waals surface area contributed by atoms with E-state index in [1.807, 2.05) is 0 Å². The summed E-state index contributed by atoms with van der Waals surface area (Å²) in [6.07, 6.45) is 4.64. The van der Waals surface area contributed by atoms with Crippen LogP contribution in [0.25, 0.3) is 0 Å². The minimum absolute atomic E-state index is 0.0309. The van der Waals surface area contributed by atoms with Crippen LogP contribution in [0.1, 0.15) is 61.2 Å². The summed E-state index contributed by atoms with van der Waals surface area (Å²) in [5.74, 6) is 0. The first kappa shape index (κ1) is 18.7. The quantitative estimate of drug-likeness (QED) is 0.543. The molecule has 0 radical (unpaired) electrons. The van der Waals surface area contributed by atoms with Crippen molar-refractivity contribution < 1.29 is 14.2 Å². The van der Waals surface area contributed by atoms with Gasteiger partial charge in [-0.1, -0.05) is 75.2 Å². The highest BCUT2D eigenvalue weighted by Crippen LogP contribution is 2.42. The van der Waals surface area contributed by atoms with E-state index in [1.54, 1.807) is 0 Å². The minimum Gasteiger partial charge on any atom is -0.370 e. The van der Waals surface area contributed by atoms with Gasteiger partial charge in [-0.15, -0.1) is 0 Å². The molecule has 2 saturated heterocycles. The van der Waals surface area contributed by atoms with Gasteiger partial charge in [-0.25, -0.2) is 0 Å². The SMILES string of the molecule is CCCc1ccccc1C(OC(c1ccccc1CCC)C1CO1)C1CO1. The molecule has 0 aliphatic carbocycles. The van der Waals surface area contributed by atoms with Gasteiger partial charge in [0.2, 0.25) is 0 Å². The molecule has 0 spiro atoms. The van der Waals surface area contributed by atoms with Crippen LogP contribution in [0.4, 0.5) is 0 Å². The smallest absolute Gasteiger partial charge is 0.112 e. The van der Waals surface area contributed by atoms with E-state index < -0.39 is 0 Å². The summed E-state index contributed by atoms with van der Waals surface area (Å²) in [6, 6.07) is 17.3. The fraction of sp³-hybridized carbons (Fsp3) is 0.500. The molecule has 2 fully saturated rings. The maximum atomic E-state index is 6.79. The second-order valence-electron chi connectivity index (χ2n) is 7.62. The second-order valence-corrected chi connectivity index (χ2v) is 7.62. The zero-order chi connectivity index (χ0) is 18.6. The molecular weight excluding hydrogens is 336 g/mol. The minimum atomic E-state index is -0.0309. The number of hydrogen-bond acceptors (Lipinski definition) is 3. The van der Waals surface area contributed by atoms with Crippen LogP contribution in [-0.2, 0) is 27.1 Å². The second kappa shape index (κ2) is 8.55. The van der Waals surface area contributed by atoms with Crippen molar-refractivity contribution in [3.63, 3.8) is 0 Å². The number of benzene rings is 2. The van der Waals surface area contributed by atoms with E-state index in [0.29, 0.717) is 0 Å². The number of epoxide rings is 2. The van der Waals surface area contributed by atoms with Crippen molar-refractivity contribution in [3.8, 4) is 0 Å². The summed E-state index contributed by atoms with van der Waals surface area (Å²) in [6.45, 7) is 6.00. The standard InChI is InChI=1S/C24H30O3/c1-3-9-17-11-5-7-13-19(17)23(21-15-25-21)27-24(22-16-26-22)20-14-8-6-12-18(20)10-4-2/h5-8,11-14,21-24H,3-4,9-10,15-16H2,1-2H3. The largest absolute Gasteiger partial charge is 0.370 e. The third-order valence-electron chi connectivity index (χ3n) is 5.45. The lowest BCUT2D eigenvalue weighted by atomic mass is 9.95. The monoisotopic (exact) mass is 366 g/mol. The molecule has 0 aromatic heterocycles. The predicted octanol–water partition coefficient (Wildman–Crippen LogP) is 5.19. The first-order valence-corrected chi connectivity index (χ1v) is 10.4. The molecule has 2 aliphatic rings. The van der Waals surface area contributed by atoms with Gasteiger partial charge in [-0.3, -0.25) is 0 Å². The Labute approximate surface area is 162 Å². The summed E-state index contributed by atoms with van der Waals surface area (Å²) < 4.78 is 18.2. The Morgan fingerprint density at radius 1 is 0.778 bits per heavy atom. The van der Waals surface area contributed by atoms with E-state index in [9.17, 15) is 0 Å². The molecule has 4 unspecified atom stereocenters. The van der Waals surface area contributed by atoms with E-state index in [2.05, 4.69) is 62.4 Å². The topological polar surface area (TPSA) is 34.3 Å². The van der Waals surface area contributed by atoms with E-state index in [-0.39, 0.29) is 24.4 Å². The fourth-order valence-electron chi connectivity index (χ4n) is 3.96. The van der Waals surface area contributed by atoms with Gasteiger partial charge in [-0.05, 0) is 35.1 Å². The molecule has 0 bridgehead atoms. The molecule has 2 aromatic carbocycles. The molecule has 144 valence electrons. The Morgan fingerprint density at radius 3 is 1.56 bits per heavy atom. The van der Waals surface area contributed by atoms with Crippen molar-refractivity contribution in [3.05, 3.63) is 70.8 Å². The lowest BCUT2D eigenvalue weighted by Crippen LogP contribution is -2.21. The van der Waals surface area contributed by atoms with E-state index in [1.165, 1.54) is 22.3 Å². The van der Waals surface area contributed by atoms with Crippen LogP contribution in [0, 0.1) is 0 Å². The van der Waals surface area contributed by atoms with Crippen LogP contribution in [0.2, 0.25) is 0 Å². The van der Waals surface area contributed by atoms with Gasteiger partial charge in [0.15, 0.2) is 0 Å². The van der Waals surface area contributed by atoms with Gasteiger partial charge in [0, 0.05) is 0 Å². The number of rotatable bonds is 10. The zero-order valence-electron chi connectivity index (χ0n) is 16.4. The van der Waals surface area contributed by atoms with Crippen LogP contribution in [0.15, 0.2) is 48.5 Å². The lowest BCUT2D eigenvalue weighted by Gasteiger charge is -2.26. The Hall–Kier alpha value is -1.68. The molecule has 2 heterocycles. The van der Waals surface area contributed by atoms with E-state index in [4.69, 9.17) is 14.2 Å². The molecule has 3 nitrogen and oxygen atoms in total. The summed E-state index contributed by atoms with van der Waals surface area (Å²) >= 11 is 0. The summed E-state index contributed by atoms with van der Waals surface area (Å²) in [5, 5.41) is 0. The van der Waals surface area contributed by atoms with Crippen LogP contribution in [-0.4, -0.2) is 25.4 Å². The van der Waals surface area contributed by atoms with Gasteiger partial charge in [0.25, 0.3) is 0 Å². The molecule has 2 aromatic rings. The summed E-state index contributed by atoms with van der Waals surface area (Å²) in [7, 11) is 0. The van der Waals surface area contributed by atoms with Crippen LogP contribution < -0.4 is 0 Å². The van der Waals surface area contributed by atoms with Crippen molar-refractivity contribution in [2.45, 2.75) is 63.9 Å². The lowest BCUT2D eigenvalue weighted by molar-refractivity contribution is -0.0426. The highest BCUT2D eigenvalue weighted by Gasteiger charge is 2.43. The Morgan fingerprint density at radius 2 is 1.19 bits per heavy atom. The molecule has 4 atom stereocenters. The van der Waals surface area contributed by atoms with Gasteiger partial charge in [-0.2, -0.15) is 0 Å². The Bertz CT molecular complexity index is 685. The summed E-state index contributed by atoms with van der Waals surface area (Å²) in [4.78, 5) is 0. The third kappa shape index (κ3) is 4.43. The maximum Gasteiger partial charge on any atom is 0.112 e. The molecule has 3 heteroatoms. The van der Waals surface area contributed by atoms with Gasteiger partial charge in [0.05, 0.1) is 13.2 Å². The van der Waals surface area contributed by atoms with Crippen molar-refractivity contribution >= 4 is 0 Å². The Kier molecular flexibility index (Phi) is 5.92. The van der Waals surface area contributed by atoms with Crippen molar-refractivity contribution in [2.75, 3.05) is 13.2 Å². The predicted molar refractivity (Wildman–Crippen MR) is 107 cm³/mol. The highest BCUT2D eigenvalue weighted by atomic mass is 16.6. The van der Waals surface area contributed by atoms with Crippen molar-refractivity contribution in [2.24, 2.45) is 0 Å². The molecule has 0 N–H and O–H groups in total. The van der Waals surface area contributed by atoms with Crippen LogP contribution >= 0.6 is 0 Å². The average Bonchev–Trinajstić information content (AvgIpc) is 3.58.